The number of morpholine rings is 1. The lowest BCUT2D eigenvalue weighted by Gasteiger charge is -2.29. The van der Waals surface area contributed by atoms with Crippen molar-refractivity contribution >= 4 is 11.9 Å². The molecule has 10 nitrogen and oxygen atoms in total. The second-order valence-corrected chi connectivity index (χ2v) is 6.61. The predicted octanol–water partition coefficient (Wildman–Crippen LogP) is 0.000100. The minimum Gasteiger partial charge on any atom is -0.368 e. The quantitative estimate of drug-likeness (QED) is 0.635. The van der Waals surface area contributed by atoms with E-state index < -0.39 is 23.9 Å². The average molecular weight is 411 g/mol. The molecule has 156 valence electrons. The number of nitrogens with two attached hydrogens (primary N) is 1. The van der Waals surface area contributed by atoms with Gasteiger partial charge in [-0.2, -0.15) is 23.1 Å². The monoisotopic (exact) mass is 411 g/mol. The highest BCUT2D eigenvalue weighted by Crippen LogP contribution is 2.35. The maximum atomic E-state index is 13.6. The molecule has 2 saturated heterocycles. The van der Waals surface area contributed by atoms with Crippen molar-refractivity contribution in [2.75, 3.05) is 56.5 Å². The molecule has 4 rings (SSSR count). The summed E-state index contributed by atoms with van der Waals surface area (Å²) in [6.45, 7) is 4.27. The van der Waals surface area contributed by atoms with Crippen molar-refractivity contribution in [2.45, 2.75) is 12.3 Å². The highest BCUT2D eigenvalue weighted by atomic mass is 19.4. The number of ether oxygens (including phenoxy) is 1. The van der Waals surface area contributed by atoms with Gasteiger partial charge in [-0.25, -0.2) is 15.0 Å². The van der Waals surface area contributed by atoms with Crippen molar-refractivity contribution in [2.24, 2.45) is 0 Å². The number of aromatic nitrogens is 5. The molecular weight excluding hydrogens is 391 g/mol. The zero-order valence-corrected chi connectivity index (χ0v) is 15.4. The highest BCUT2D eigenvalue weighted by Gasteiger charge is 2.38. The van der Waals surface area contributed by atoms with Crippen molar-refractivity contribution in [1.82, 2.24) is 35.6 Å². The van der Waals surface area contributed by atoms with E-state index in [9.17, 15) is 13.2 Å². The summed E-state index contributed by atoms with van der Waals surface area (Å²) in [5.74, 6) is -0.0752. The molecule has 1 atom stereocenters. The fourth-order valence-electron chi connectivity index (χ4n) is 3.16. The summed E-state index contributed by atoms with van der Waals surface area (Å²) in [6, 6.07) is 0. The summed E-state index contributed by atoms with van der Waals surface area (Å²) >= 11 is 0. The van der Waals surface area contributed by atoms with Crippen LogP contribution in [0.15, 0.2) is 6.20 Å². The molecule has 29 heavy (non-hydrogen) atoms. The van der Waals surface area contributed by atoms with E-state index in [4.69, 9.17) is 10.5 Å². The minimum absolute atomic E-state index is 0.162. The Kier molecular flexibility index (Phi) is 5.43. The summed E-state index contributed by atoms with van der Waals surface area (Å²) in [4.78, 5) is 22.0. The summed E-state index contributed by atoms with van der Waals surface area (Å²) in [5.41, 5.74) is 3.84. The number of anilines is 2. The second-order valence-electron chi connectivity index (χ2n) is 6.61. The molecule has 0 spiro atoms. The third kappa shape index (κ3) is 4.36. The van der Waals surface area contributed by atoms with Gasteiger partial charge < -0.3 is 26.0 Å². The third-order valence-corrected chi connectivity index (χ3v) is 4.57. The van der Waals surface area contributed by atoms with Crippen molar-refractivity contribution in [1.29, 1.82) is 0 Å². The van der Waals surface area contributed by atoms with Gasteiger partial charge in [-0.3, -0.25) is 0 Å². The summed E-state index contributed by atoms with van der Waals surface area (Å²) in [6.07, 6.45) is -4.24. The molecule has 1 unspecified atom stereocenters. The summed E-state index contributed by atoms with van der Waals surface area (Å²) in [7, 11) is 0. The molecular formula is C16H20F3N9O. The molecule has 2 fully saturated rings. The lowest BCUT2D eigenvalue weighted by Crippen LogP contribution is -2.44. The van der Waals surface area contributed by atoms with Gasteiger partial charge in [0.1, 0.15) is 6.10 Å². The number of hydrogen-bond acceptors (Lipinski definition) is 10. The predicted molar refractivity (Wildman–Crippen MR) is 96.9 cm³/mol. The van der Waals surface area contributed by atoms with E-state index in [1.165, 1.54) is 0 Å². The molecule has 2 aromatic heterocycles. The van der Waals surface area contributed by atoms with Crippen molar-refractivity contribution in [3.8, 4) is 11.4 Å². The maximum Gasteiger partial charge on any atom is 0.434 e. The van der Waals surface area contributed by atoms with Gasteiger partial charge in [0.25, 0.3) is 0 Å². The number of hydrogen-bond donors (Lipinski definition) is 3. The Morgan fingerprint density at radius 3 is 2.55 bits per heavy atom. The van der Waals surface area contributed by atoms with Crippen LogP contribution in [0.2, 0.25) is 0 Å². The molecule has 0 bridgehead atoms. The van der Waals surface area contributed by atoms with E-state index in [2.05, 4.69) is 35.6 Å². The van der Waals surface area contributed by atoms with Crippen LogP contribution in [-0.2, 0) is 10.9 Å². The van der Waals surface area contributed by atoms with Gasteiger partial charge in [-0.05, 0) is 0 Å². The molecule has 4 N–H and O–H groups in total. The van der Waals surface area contributed by atoms with E-state index in [-0.39, 0.29) is 17.2 Å². The van der Waals surface area contributed by atoms with Gasteiger partial charge in [0.15, 0.2) is 17.3 Å². The molecule has 0 aromatic carbocycles. The molecule has 2 aliphatic rings. The van der Waals surface area contributed by atoms with Crippen LogP contribution in [0.5, 0.6) is 0 Å². The van der Waals surface area contributed by atoms with Crippen molar-refractivity contribution in [3.63, 3.8) is 0 Å². The van der Waals surface area contributed by atoms with Crippen LogP contribution in [0.3, 0.4) is 0 Å². The minimum atomic E-state index is -4.74. The van der Waals surface area contributed by atoms with Crippen LogP contribution in [0.4, 0.5) is 25.1 Å². The lowest BCUT2D eigenvalue weighted by molar-refractivity contribution is -0.140. The van der Waals surface area contributed by atoms with E-state index in [0.717, 1.165) is 19.3 Å². The summed E-state index contributed by atoms with van der Waals surface area (Å²) in [5, 5.41) is 6.38. The van der Waals surface area contributed by atoms with Gasteiger partial charge >= 0.3 is 6.18 Å². The van der Waals surface area contributed by atoms with Gasteiger partial charge in [0.05, 0.1) is 12.2 Å². The Labute approximate surface area is 164 Å². The van der Waals surface area contributed by atoms with E-state index in [1.807, 2.05) is 4.90 Å². The SMILES string of the molecule is Nc1ncc(-c2nc(C3CNCCO3)nc(N3CCNCC3)n2)c(C(F)(F)F)n1. The fraction of sp³-hybridized carbons (Fsp3) is 0.562. The van der Waals surface area contributed by atoms with Crippen LogP contribution in [0.25, 0.3) is 11.4 Å². The number of rotatable bonds is 3. The normalized spacial score (nSPS) is 20.7. The first-order valence-corrected chi connectivity index (χ1v) is 9.16. The first-order chi connectivity index (χ1) is 13.9. The van der Waals surface area contributed by atoms with E-state index >= 15 is 0 Å². The Bertz CT molecular complexity index is 831. The number of alkyl halides is 3. The first-order valence-electron chi connectivity index (χ1n) is 9.16. The highest BCUT2D eigenvalue weighted by molar-refractivity contribution is 5.60. The fourth-order valence-corrected chi connectivity index (χ4v) is 3.16. The Morgan fingerprint density at radius 1 is 1.07 bits per heavy atom. The van der Waals surface area contributed by atoms with Crippen LogP contribution in [0.1, 0.15) is 17.6 Å². The number of nitrogens with one attached hydrogen (secondary N) is 2. The molecule has 4 heterocycles. The third-order valence-electron chi connectivity index (χ3n) is 4.57. The van der Waals surface area contributed by atoms with Crippen LogP contribution < -0.4 is 21.3 Å². The lowest BCUT2D eigenvalue weighted by atomic mass is 10.2. The molecule has 0 radical (unpaired) electrons. The molecule has 0 amide bonds. The Morgan fingerprint density at radius 2 is 1.86 bits per heavy atom. The van der Waals surface area contributed by atoms with Crippen LogP contribution >= 0.6 is 0 Å². The topological polar surface area (TPSA) is 127 Å². The largest absolute Gasteiger partial charge is 0.434 e. The zero-order valence-electron chi connectivity index (χ0n) is 15.4. The zero-order chi connectivity index (χ0) is 20.4. The van der Waals surface area contributed by atoms with Crippen LogP contribution in [0, 0.1) is 0 Å². The molecule has 0 saturated carbocycles. The Hall–Kier alpha value is -2.64. The smallest absolute Gasteiger partial charge is 0.368 e. The molecule has 13 heteroatoms. The average Bonchev–Trinajstić information content (AvgIpc) is 2.74. The molecule has 0 aliphatic carbocycles. The number of nitrogens with zero attached hydrogens (tertiary/aromatic N) is 6. The van der Waals surface area contributed by atoms with Gasteiger partial charge in [0.2, 0.25) is 11.9 Å². The van der Waals surface area contributed by atoms with Crippen molar-refractivity contribution < 1.29 is 17.9 Å². The standard InChI is InChI=1S/C16H20F3N9O/c17-16(18,19)11-9(7-23-14(20)24-11)12-25-13(10-8-22-3-6-29-10)27-15(26-12)28-4-1-21-2-5-28/h7,10,21-22H,1-6,8H2,(H2,20,23,24). The van der Waals surface area contributed by atoms with Gasteiger partial charge in [0, 0.05) is 45.5 Å². The molecule has 2 aromatic rings. The maximum absolute atomic E-state index is 13.6. The number of nitrogen functional groups attached to an aromatic ring is 1. The number of piperazine rings is 1. The Balaban J connectivity index is 1.82. The first kappa shape index (κ1) is 19.7. The van der Waals surface area contributed by atoms with E-state index in [0.29, 0.717) is 38.7 Å². The summed E-state index contributed by atoms with van der Waals surface area (Å²) < 4.78 is 46.4. The van der Waals surface area contributed by atoms with E-state index in [1.54, 1.807) is 0 Å². The van der Waals surface area contributed by atoms with Gasteiger partial charge in [-0.1, -0.05) is 0 Å². The van der Waals surface area contributed by atoms with Crippen molar-refractivity contribution in [3.05, 3.63) is 17.7 Å². The van der Waals surface area contributed by atoms with Gasteiger partial charge in [-0.15, -0.1) is 0 Å². The molecule has 2 aliphatic heterocycles. The number of halogens is 3. The second kappa shape index (κ2) is 8.00. The van der Waals surface area contributed by atoms with Crippen LogP contribution in [-0.4, -0.2) is 70.8 Å².